The van der Waals surface area contributed by atoms with Crippen molar-refractivity contribution in [2.75, 3.05) is 13.7 Å². The number of halogens is 1. The number of ether oxygens (including phenoxy) is 1. The Morgan fingerprint density at radius 2 is 2.28 bits per heavy atom. The van der Waals surface area contributed by atoms with Crippen LogP contribution in [0.15, 0.2) is 22.7 Å². The first-order valence-electron chi connectivity index (χ1n) is 5.83. The quantitative estimate of drug-likeness (QED) is 0.789. The molecule has 100 valence electrons. The van der Waals surface area contributed by atoms with Gasteiger partial charge in [-0.05, 0) is 24.1 Å². The summed E-state index contributed by atoms with van der Waals surface area (Å²) in [5, 5.41) is 12.3. The largest absolute Gasteiger partial charge is 0.465 e. The number of rotatable bonds is 6. The smallest absolute Gasteiger partial charge is 0.337 e. The number of benzene rings is 1. The van der Waals surface area contributed by atoms with Gasteiger partial charge >= 0.3 is 5.97 Å². The van der Waals surface area contributed by atoms with Gasteiger partial charge in [0, 0.05) is 17.1 Å². The summed E-state index contributed by atoms with van der Waals surface area (Å²) in [5.41, 5.74) is 1.55. The van der Waals surface area contributed by atoms with E-state index >= 15 is 0 Å². The molecule has 0 saturated carbocycles. The lowest BCUT2D eigenvalue weighted by Gasteiger charge is -2.15. The maximum atomic E-state index is 11.3. The zero-order chi connectivity index (χ0) is 13.5. The topological polar surface area (TPSA) is 58.6 Å². The van der Waals surface area contributed by atoms with Crippen LogP contribution in [0.1, 0.15) is 29.3 Å². The summed E-state index contributed by atoms with van der Waals surface area (Å²) in [7, 11) is 1.36. The number of esters is 1. The van der Waals surface area contributed by atoms with Crippen molar-refractivity contribution in [1.82, 2.24) is 5.32 Å². The molecular formula is C13H18BrNO3. The number of aliphatic hydroxyl groups is 1. The molecule has 0 bridgehead atoms. The zero-order valence-electron chi connectivity index (χ0n) is 10.6. The molecule has 1 rings (SSSR count). The SMILES string of the molecule is CCC(CO)NCc1ccc(C(=O)OC)cc1Br. The molecule has 0 aliphatic heterocycles. The van der Waals surface area contributed by atoms with Crippen molar-refractivity contribution in [2.24, 2.45) is 0 Å². The van der Waals surface area contributed by atoms with Crippen LogP contribution in [0.25, 0.3) is 0 Å². The van der Waals surface area contributed by atoms with E-state index < -0.39 is 0 Å². The first kappa shape index (κ1) is 15.1. The fraction of sp³-hybridized carbons (Fsp3) is 0.462. The van der Waals surface area contributed by atoms with Crippen LogP contribution < -0.4 is 5.32 Å². The van der Waals surface area contributed by atoms with E-state index in [9.17, 15) is 4.79 Å². The second-order valence-corrected chi connectivity index (χ2v) is 4.82. The van der Waals surface area contributed by atoms with Crippen molar-refractivity contribution in [3.05, 3.63) is 33.8 Å². The molecule has 0 fully saturated rings. The van der Waals surface area contributed by atoms with Crippen LogP contribution in [0.3, 0.4) is 0 Å². The summed E-state index contributed by atoms with van der Waals surface area (Å²) >= 11 is 3.43. The predicted molar refractivity (Wildman–Crippen MR) is 73.5 cm³/mol. The third-order valence-corrected chi connectivity index (χ3v) is 3.51. The molecule has 1 atom stereocenters. The lowest BCUT2D eigenvalue weighted by Crippen LogP contribution is -2.31. The van der Waals surface area contributed by atoms with Crippen LogP contribution in [0, 0.1) is 0 Å². The van der Waals surface area contributed by atoms with Gasteiger partial charge in [-0.15, -0.1) is 0 Å². The Morgan fingerprint density at radius 3 is 2.78 bits per heavy atom. The van der Waals surface area contributed by atoms with Crippen molar-refractivity contribution in [2.45, 2.75) is 25.9 Å². The highest BCUT2D eigenvalue weighted by Gasteiger charge is 2.09. The molecule has 0 aliphatic rings. The Balaban J connectivity index is 2.71. The predicted octanol–water partition coefficient (Wildman–Crippen LogP) is 2.10. The molecule has 2 N–H and O–H groups in total. The lowest BCUT2D eigenvalue weighted by molar-refractivity contribution is 0.0600. The summed E-state index contributed by atoms with van der Waals surface area (Å²) in [6, 6.07) is 5.43. The standard InChI is InChI=1S/C13H18BrNO3/c1-3-11(8-16)15-7-10-5-4-9(6-12(10)14)13(17)18-2/h4-6,11,15-16H,3,7-8H2,1-2H3. The molecule has 0 spiro atoms. The maximum Gasteiger partial charge on any atom is 0.337 e. The van der Waals surface area contributed by atoms with Crippen LogP contribution in [0.5, 0.6) is 0 Å². The second-order valence-electron chi connectivity index (χ2n) is 3.97. The molecule has 18 heavy (non-hydrogen) atoms. The Morgan fingerprint density at radius 1 is 1.56 bits per heavy atom. The number of aliphatic hydroxyl groups excluding tert-OH is 1. The first-order valence-corrected chi connectivity index (χ1v) is 6.62. The Kier molecular flexibility index (Phi) is 6.32. The van der Waals surface area contributed by atoms with Gasteiger partial charge in [0.25, 0.3) is 0 Å². The molecule has 0 heterocycles. The molecule has 4 nitrogen and oxygen atoms in total. The molecule has 0 aromatic heterocycles. The van der Waals surface area contributed by atoms with Crippen molar-refractivity contribution < 1.29 is 14.6 Å². The average molecular weight is 316 g/mol. The van der Waals surface area contributed by atoms with E-state index in [2.05, 4.69) is 26.0 Å². The fourth-order valence-electron chi connectivity index (χ4n) is 1.53. The third kappa shape index (κ3) is 4.08. The molecule has 0 radical (unpaired) electrons. The van der Waals surface area contributed by atoms with Gasteiger partial charge in [0.2, 0.25) is 0 Å². The normalized spacial score (nSPS) is 12.2. The molecule has 1 aromatic carbocycles. The van der Waals surface area contributed by atoms with Crippen LogP contribution in [0.2, 0.25) is 0 Å². The van der Waals surface area contributed by atoms with Crippen LogP contribution in [-0.4, -0.2) is 30.8 Å². The molecular weight excluding hydrogens is 298 g/mol. The minimum absolute atomic E-state index is 0.0946. The van der Waals surface area contributed by atoms with Crippen LogP contribution >= 0.6 is 15.9 Å². The minimum atomic E-state index is -0.350. The summed E-state index contributed by atoms with van der Waals surface area (Å²) in [4.78, 5) is 11.3. The summed E-state index contributed by atoms with van der Waals surface area (Å²) in [5.74, 6) is -0.350. The number of methoxy groups -OCH3 is 1. The van der Waals surface area contributed by atoms with E-state index in [0.717, 1.165) is 16.5 Å². The van der Waals surface area contributed by atoms with E-state index in [1.165, 1.54) is 7.11 Å². The first-order chi connectivity index (χ1) is 8.62. The Labute approximate surface area is 115 Å². The van der Waals surface area contributed by atoms with Gasteiger partial charge in [-0.1, -0.05) is 28.9 Å². The van der Waals surface area contributed by atoms with Gasteiger partial charge in [0.05, 0.1) is 19.3 Å². The van der Waals surface area contributed by atoms with Gasteiger partial charge in [0.15, 0.2) is 0 Å². The molecule has 0 amide bonds. The van der Waals surface area contributed by atoms with Crippen molar-refractivity contribution >= 4 is 21.9 Å². The Hall–Kier alpha value is -0.910. The van der Waals surface area contributed by atoms with Crippen molar-refractivity contribution in [3.63, 3.8) is 0 Å². The van der Waals surface area contributed by atoms with Gasteiger partial charge in [-0.2, -0.15) is 0 Å². The fourth-order valence-corrected chi connectivity index (χ4v) is 2.05. The number of carbonyl (C=O) groups excluding carboxylic acids is 1. The highest BCUT2D eigenvalue weighted by Crippen LogP contribution is 2.19. The van der Waals surface area contributed by atoms with E-state index in [-0.39, 0.29) is 18.6 Å². The highest BCUT2D eigenvalue weighted by molar-refractivity contribution is 9.10. The maximum absolute atomic E-state index is 11.3. The van der Waals surface area contributed by atoms with E-state index in [0.29, 0.717) is 12.1 Å². The van der Waals surface area contributed by atoms with Crippen LogP contribution in [0.4, 0.5) is 0 Å². The number of hydrogen-bond donors (Lipinski definition) is 2. The molecule has 0 aliphatic carbocycles. The number of hydrogen-bond acceptors (Lipinski definition) is 4. The number of carbonyl (C=O) groups is 1. The minimum Gasteiger partial charge on any atom is -0.465 e. The molecule has 1 unspecified atom stereocenters. The Bertz CT molecular complexity index is 405. The van der Waals surface area contributed by atoms with E-state index in [1.807, 2.05) is 13.0 Å². The van der Waals surface area contributed by atoms with Crippen LogP contribution in [-0.2, 0) is 11.3 Å². The number of nitrogens with one attached hydrogen (secondary N) is 1. The van der Waals surface area contributed by atoms with Gasteiger partial charge in [-0.25, -0.2) is 4.79 Å². The molecule has 1 aromatic rings. The van der Waals surface area contributed by atoms with Gasteiger partial charge in [-0.3, -0.25) is 0 Å². The van der Waals surface area contributed by atoms with Crippen molar-refractivity contribution in [3.8, 4) is 0 Å². The summed E-state index contributed by atoms with van der Waals surface area (Å²) in [6.07, 6.45) is 0.869. The van der Waals surface area contributed by atoms with Gasteiger partial charge in [0.1, 0.15) is 0 Å². The molecule has 0 saturated heterocycles. The second kappa shape index (κ2) is 7.51. The van der Waals surface area contributed by atoms with Gasteiger partial charge < -0.3 is 15.2 Å². The molecule has 5 heteroatoms. The van der Waals surface area contributed by atoms with E-state index in [4.69, 9.17) is 5.11 Å². The lowest BCUT2D eigenvalue weighted by atomic mass is 10.1. The highest BCUT2D eigenvalue weighted by atomic mass is 79.9. The summed E-state index contributed by atoms with van der Waals surface area (Å²) in [6.45, 7) is 2.78. The summed E-state index contributed by atoms with van der Waals surface area (Å²) < 4.78 is 5.51. The monoisotopic (exact) mass is 315 g/mol. The zero-order valence-corrected chi connectivity index (χ0v) is 12.2. The third-order valence-electron chi connectivity index (χ3n) is 2.77. The van der Waals surface area contributed by atoms with E-state index in [1.54, 1.807) is 12.1 Å². The average Bonchev–Trinajstić information content (AvgIpc) is 2.40. The van der Waals surface area contributed by atoms with Crippen molar-refractivity contribution in [1.29, 1.82) is 0 Å².